The maximum absolute atomic E-state index is 12.2. The molecule has 21 heavy (non-hydrogen) atoms. The molecule has 0 atom stereocenters. The third kappa shape index (κ3) is 3.48. The van der Waals surface area contributed by atoms with E-state index in [1.54, 1.807) is 18.2 Å². The maximum Gasteiger partial charge on any atom is 0.339 e. The summed E-state index contributed by atoms with van der Waals surface area (Å²) in [6.07, 6.45) is 0. The van der Waals surface area contributed by atoms with E-state index in [-0.39, 0.29) is 21.4 Å². The molecule has 108 valence electrons. The zero-order chi connectivity index (χ0) is 15.4. The molecule has 0 radical (unpaired) electrons. The summed E-state index contributed by atoms with van der Waals surface area (Å²) < 4.78 is 4.65. The predicted molar refractivity (Wildman–Crippen MR) is 77.8 cm³/mol. The van der Waals surface area contributed by atoms with Crippen molar-refractivity contribution in [3.63, 3.8) is 0 Å². The highest BCUT2D eigenvalue weighted by Crippen LogP contribution is 2.20. The van der Waals surface area contributed by atoms with Crippen molar-refractivity contribution in [1.29, 1.82) is 0 Å². The van der Waals surface area contributed by atoms with E-state index in [1.807, 2.05) is 0 Å². The summed E-state index contributed by atoms with van der Waals surface area (Å²) in [5.41, 5.74) is 0.562. The lowest BCUT2D eigenvalue weighted by Crippen LogP contribution is -2.16. The zero-order valence-electron chi connectivity index (χ0n) is 10.8. The number of anilines is 1. The first-order chi connectivity index (χ1) is 10.0. The quantitative estimate of drug-likeness (QED) is 0.877. The molecular weight excluding hydrogens is 317 g/mol. The molecule has 0 fully saturated rings. The van der Waals surface area contributed by atoms with Crippen LogP contribution in [0.1, 0.15) is 20.7 Å². The lowest BCUT2D eigenvalue weighted by atomic mass is 10.1. The molecule has 2 aromatic rings. The minimum absolute atomic E-state index is 0.0332. The Morgan fingerprint density at radius 2 is 1.86 bits per heavy atom. The van der Waals surface area contributed by atoms with Crippen LogP contribution < -0.4 is 5.32 Å². The van der Waals surface area contributed by atoms with Crippen molar-refractivity contribution in [3.05, 3.63) is 51.8 Å². The zero-order valence-corrected chi connectivity index (χ0v) is 12.3. The van der Waals surface area contributed by atoms with Gasteiger partial charge in [0, 0.05) is 0 Å². The Bertz CT molecular complexity index is 707. The van der Waals surface area contributed by atoms with Gasteiger partial charge in [0.15, 0.2) is 10.3 Å². The summed E-state index contributed by atoms with van der Waals surface area (Å²) in [5, 5.41) is 9.57. The van der Waals surface area contributed by atoms with Crippen molar-refractivity contribution in [2.75, 3.05) is 12.4 Å². The van der Waals surface area contributed by atoms with E-state index in [1.165, 1.54) is 19.2 Å². The van der Waals surface area contributed by atoms with Crippen LogP contribution in [0.3, 0.4) is 0 Å². The number of halogens is 2. The van der Waals surface area contributed by atoms with Gasteiger partial charge in [-0.2, -0.15) is 0 Å². The number of esters is 1. The van der Waals surface area contributed by atoms with Gasteiger partial charge < -0.3 is 10.1 Å². The van der Waals surface area contributed by atoms with Gasteiger partial charge in [0.05, 0.1) is 23.9 Å². The molecule has 1 aromatic heterocycles. The molecule has 0 spiro atoms. The molecule has 8 heteroatoms. The second kappa shape index (κ2) is 6.51. The molecule has 6 nitrogen and oxygen atoms in total. The minimum Gasteiger partial charge on any atom is -0.465 e. The second-order valence-electron chi connectivity index (χ2n) is 3.86. The van der Waals surface area contributed by atoms with E-state index >= 15 is 0 Å². The van der Waals surface area contributed by atoms with Gasteiger partial charge in [-0.05, 0) is 18.2 Å². The molecule has 2 rings (SSSR count). The molecule has 0 aliphatic rings. The minimum atomic E-state index is -0.567. The predicted octanol–water partition coefficient (Wildman–Crippen LogP) is 2.82. The van der Waals surface area contributed by atoms with Crippen LogP contribution in [0.25, 0.3) is 0 Å². The molecule has 0 aliphatic heterocycles. The lowest BCUT2D eigenvalue weighted by molar-refractivity contribution is 0.0602. The van der Waals surface area contributed by atoms with Gasteiger partial charge in [-0.1, -0.05) is 35.3 Å². The standard InChI is InChI=1S/C13H9Cl2N3O3/c1-21-13(20)7-4-2-3-5-9(7)16-12(19)8-6-10(14)17-18-11(8)15/h2-6H,1H3,(H,16,19). The highest BCUT2D eigenvalue weighted by Gasteiger charge is 2.17. The lowest BCUT2D eigenvalue weighted by Gasteiger charge is -2.10. The Labute approximate surface area is 130 Å². The fourth-order valence-electron chi connectivity index (χ4n) is 1.58. The van der Waals surface area contributed by atoms with Crippen LogP contribution in [-0.2, 0) is 4.74 Å². The van der Waals surface area contributed by atoms with E-state index in [0.717, 1.165) is 0 Å². The number of hydrogen-bond acceptors (Lipinski definition) is 5. The summed E-state index contributed by atoms with van der Waals surface area (Å²) in [5.74, 6) is -1.13. The van der Waals surface area contributed by atoms with Crippen LogP contribution in [-0.4, -0.2) is 29.2 Å². The smallest absolute Gasteiger partial charge is 0.339 e. The summed E-state index contributed by atoms with van der Waals surface area (Å²) in [4.78, 5) is 23.8. The summed E-state index contributed by atoms with van der Waals surface area (Å²) in [7, 11) is 1.25. The Morgan fingerprint density at radius 1 is 1.14 bits per heavy atom. The fourth-order valence-corrected chi connectivity index (χ4v) is 1.91. The fraction of sp³-hybridized carbons (Fsp3) is 0.0769. The van der Waals surface area contributed by atoms with Gasteiger partial charge in [0.1, 0.15) is 0 Å². The first kappa shape index (κ1) is 15.2. The Morgan fingerprint density at radius 3 is 2.57 bits per heavy atom. The number of benzene rings is 1. The third-order valence-electron chi connectivity index (χ3n) is 2.54. The van der Waals surface area contributed by atoms with E-state index in [9.17, 15) is 9.59 Å². The normalized spacial score (nSPS) is 10.0. The molecular formula is C13H9Cl2N3O3. The highest BCUT2D eigenvalue weighted by atomic mass is 35.5. The monoisotopic (exact) mass is 325 g/mol. The SMILES string of the molecule is COC(=O)c1ccccc1NC(=O)c1cc(Cl)nnc1Cl. The summed E-state index contributed by atoms with van der Waals surface area (Å²) in [6.45, 7) is 0. The summed E-state index contributed by atoms with van der Waals surface area (Å²) >= 11 is 11.5. The number of hydrogen-bond donors (Lipinski definition) is 1. The third-order valence-corrected chi connectivity index (χ3v) is 3.01. The van der Waals surface area contributed by atoms with Gasteiger partial charge in [-0.25, -0.2) is 4.79 Å². The van der Waals surface area contributed by atoms with Crippen LogP contribution in [0.15, 0.2) is 30.3 Å². The van der Waals surface area contributed by atoms with Crippen LogP contribution in [0.4, 0.5) is 5.69 Å². The number of para-hydroxylation sites is 1. The molecule has 0 aliphatic carbocycles. The van der Waals surface area contributed by atoms with Crippen molar-refractivity contribution >= 4 is 40.8 Å². The van der Waals surface area contributed by atoms with E-state index in [0.29, 0.717) is 5.69 Å². The van der Waals surface area contributed by atoms with Crippen LogP contribution >= 0.6 is 23.2 Å². The highest BCUT2D eigenvalue weighted by molar-refractivity contribution is 6.34. The van der Waals surface area contributed by atoms with Gasteiger partial charge in [0.2, 0.25) is 0 Å². The number of carbonyl (C=O) groups excluding carboxylic acids is 2. The average molecular weight is 326 g/mol. The van der Waals surface area contributed by atoms with Crippen molar-refractivity contribution < 1.29 is 14.3 Å². The molecule has 1 heterocycles. The molecule has 1 aromatic carbocycles. The van der Waals surface area contributed by atoms with E-state index < -0.39 is 11.9 Å². The largest absolute Gasteiger partial charge is 0.465 e. The van der Waals surface area contributed by atoms with Crippen LogP contribution in [0.2, 0.25) is 10.3 Å². The molecule has 0 saturated heterocycles. The van der Waals surface area contributed by atoms with Gasteiger partial charge in [-0.15, -0.1) is 10.2 Å². The molecule has 0 saturated carbocycles. The first-order valence-corrected chi connectivity index (χ1v) is 6.46. The topological polar surface area (TPSA) is 81.2 Å². The van der Waals surface area contributed by atoms with Crippen molar-refractivity contribution in [1.82, 2.24) is 10.2 Å². The maximum atomic E-state index is 12.2. The Hall–Kier alpha value is -2.18. The van der Waals surface area contributed by atoms with E-state index in [4.69, 9.17) is 23.2 Å². The van der Waals surface area contributed by atoms with Crippen molar-refractivity contribution in [2.24, 2.45) is 0 Å². The number of nitrogens with zero attached hydrogens (tertiary/aromatic N) is 2. The molecule has 0 bridgehead atoms. The molecule has 0 unspecified atom stereocenters. The second-order valence-corrected chi connectivity index (χ2v) is 4.61. The van der Waals surface area contributed by atoms with E-state index in [2.05, 4.69) is 20.3 Å². The number of aromatic nitrogens is 2. The summed E-state index contributed by atoms with van der Waals surface area (Å²) in [6, 6.07) is 7.70. The van der Waals surface area contributed by atoms with Crippen LogP contribution in [0.5, 0.6) is 0 Å². The number of rotatable bonds is 3. The molecule has 1 amide bonds. The van der Waals surface area contributed by atoms with Gasteiger partial charge in [0.25, 0.3) is 5.91 Å². The van der Waals surface area contributed by atoms with Crippen molar-refractivity contribution in [2.45, 2.75) is 0 Å². The van der Waals surface area contributed by atoms with Gasteiger partial charge in [-0.3, -0.25) is 4.79 Å². The van der Waals surface area contributed by atoms with Crippen LogP contribution in [0, 0.1) is 0 Å². The molecule has 1 N–H and O–H groups in total. The van der Waals surface area contributed by atoms with Crippen molar-refractivity contribution in [3.8, 4) is 0 Å². The first-order valence-electron chi connectivity index (χ1n) is 5.70. The number of methoxy groups -OCH3 is 1. The number of amides is 1. The van der Waals surface area contributed by atoms with Gasteiger partial charge >= 0.3 is 5.97 Å². The Kier molecular flexibility index (Phi) is 4.72. The number of ether oxygens (including phenoxy) is 1. The average Bonchev–Trinajstić information content (AvgIpc) is 2.49. The number of nitrogens with one attached hydrogen (secondary N) is 1. The number of carbonyl (C=O) groups is 2. The Balaban J connectivity index is 2.32.